The second-order valence-electron chi connectivity index (χ2n) is 7.55. The molecule has 1 aromatic heterocycles. The molecule has 2 aliphatic rings. The van der Waals surface area contributed by atoms with E-state index in [0.717, 1.165) is 22.7 Å². The van der Waals surface area contributed by atoms with Crippen LogP contribution >= 0.6 is 11.3 Å². The molecule has 1 saturated heterocycles. The Bertz CT molecular complexity index is 1200. The summed E-state index contributed by atoms with van der Waals surface area (Å²) in [6.45, 7) is 2.44. The summed E-state index contributed by atoms with van der Waals surface area (Å²) in [4.78, 5) is 32.4. The Labute approximate surface area is 187 Å². The number of piperazine rings is 1. The molecule has 0 unspecified atom stereocenters. The first kappa shape index (κ1) is 20.4. The minimum atomic E-state index is -0.952. The minimum absolute atomic E-state index is 0.242. The number of para-hydroxylation sites is 1. The number of imide groups is 1. The molecule has 32 heavy (non-hydrogen) atoms. The number of rotatable bonds is 4. The fraction of sp³-hybridized carbons (Fsp3) is 0.167. The molecule has 0 atom stereocenters. The van der Waals surface area contributed by atoms with Crippen molar-refractivity contribution in [3.63, 3.8) is 0 Å². The predicted molar refractivity (Wildman–Crippen MR) is 120 cm³/mol. The lowest BCUT2D eigenvalue weighted by molar-refractivity contribution is -0.120. The van der Waals surface area contributed by atoms with Gasteiger partial charge in [-0.2, -0.15) is 0 Å². The van der Waals surface area contributed by atoms with E-state index in [0.29, 0.717) is 37.1 Å². The van der Waals surface area contributed by atoms with Crippen molar-refractivity contribution in [2.45, 2.75) is 0 Å². The van der Waals surface area contributed by atoms with Crippen molar-refractivity contribution < 1.29 is 18.4 Å². The van der Waals surface area contributed by atoms with Crippen LogP contribution in [0.5, 0.6) is 0 Å². The van der Waals surface area contributed by atoms with Crippen LogP contribution in [0.1, 0.15) is 4.88 Å². The van der Waals surface area contributed by atoms with Gasteiger partial charge in [0, 0.05) is 42.8 Å². The van der Waals surface area contributed by atoms with Crippen LogP contribution in [0.2, 0.25) is 0 Å². The Morgan fingerprint density at radius 3 is 2.16 bits per heavy atom. The number of carbonyl (C=O) groups excluding carboxylic acids is 2. The maximum absolute atomic E-state index is 14.5. The van der Waals surface area contributed by atoms with Gasteiger partial charge in [-0.3, -0.25) is 9.59 Å². The van der Waals surface area contributed by atoms with Gasteiger partial charge in [0.25, 0.3) is 11.8 Å². The monoisotopic (exact) mass is 451 g/mol. The number of carbonyl (C=O) groups is 2. The van der Waals surface area contributed by atoms with Crippen molar-refractivity contribution in [2.24, 2.45) is 0 Å². The first-order chi connectivity index (χ1) is 15.5. The highest BCUT2D eigenvalue weighted by molar-refractivity contribution is 7.11. The number of thiophene rings is 1. The van der Waals surface area contributed by atoms with Gasteiger partial charge >= 0.3 is 0 Å². The van der Waals surface area contributed by atoms with Crippen molar-refractivity contribution in [3.8, 4) is 0 Å². The summed E-state index contributed by atoms with van der Waals surface area (Å²) in [5.74, 6) is -2.90. The fourth-order valence-corrected chi connectivity index (χ4v) is 4.93. The molecule has 5 rings (SSSR count). The van der Waals surface area contributed by atoms with Crippen LogP contribution in [0.15, 0.2) is 71.7 Å². The Balaban J connectivity index is 1.49. The van der Waals surface area contributed by atoms with Crippen LogP contribution in [-0.4, -0.2) is 42.9 Å². The lowest BCUT2D eigenvalue weighted by atomic mass is 10.1. The molecule has 3 heterocycles. The number of amides is 2. The molecular weight excluding hydrogens is 432 g/mol. The Hall–Kier alpha value is -3.52. The first-order valence-corrected chi connectivity index (χ1v) is 11.1. The highest BCUT2D eigenvalue weighted by Crippen LogP contribution is 2.38. The van der Waals surface area contributed by atoms with Crippen molar-refractivity contribution in [1.29, 1.82) is 0 Å². The number of hydrogen-bond acceptors (Lipinski definition) is 5. The zero-order valence-corrected chi connectivity index (χ0v) is 17.8. The summed E-state index contributed by atoms with van der Waals surface area (Å²) >= 11 is 1.35. The summed E-state index contributed by atoms with van der Waals surface area (Å²) in [6, 6.07) is 16.4. The van der Waals surface area contributed by atoms with Gasteiger partial charge < -0.3 is 9.80 Å². The molecule has 2 amide bonds. The SMILES string of the molecule is O=C1C(c2cccs2)=C(N2CCN(c3ccccc3)CC2)C(=O)N1c1ccc(F)cc1F. The zero-order valence-electron chi connectivity index (χ0n) is 17.0. The average Bonchev–Trinajstić information content (AvgIpc) is 3.41. The zero-order chi connectivity index (χ0) is 22.2. The van der Waals surface area contributed by atoms with E-state index in [4.69, 9.17) is 0 Å². The lowest BCUT2D eigenvalue weighted by Crippen LogP contribution is -2.47. The number of nitrogens with zero attached hydrogens (tertiary/aromatic N) is 3. The lowest BCUT2D eigenvalue weighted by Gasteiger charge is -2.37. The third-order valence-corrected chi connectivity index (χ3v) is 6.58. The minimum Gasteiger partial charge on any atom is -0.368 e. The van der Waals surface area contributed by atoms with E-state index in [1.54, 1.807) is 12.1 Å². The van der Waals surface area contributed by atoms with Gasteiger partial charge in [0.2, 0.25) is 0 Å². The Morgan fingerprint density at radius 2 is 1.50 bits per heavy atom. The maximum atomic E-state index is 14.5. The molecule has 0 aliphatic carbocycles. The van der Waals surface area contributed by atoms with E-state index in [1.165, 1.54) is 11.3 Å². The smallest absolute Gasteiger partial charge is 0.282 e. The van der Waals surface area contributed by atoms with Gasteiger partial charge in [-0.15, -0.1) is 11.3 Å². The van der Waals surface area contributed by atoms with E-state index in [-0.39, 0.29) is 17.0 Å². The molecule has 5 nitrogen and oxygen atoms in total. The van der Waals surface area contributed by atoms with Gasteiger partial charge in [0.05, 0.1) is 11.3 Å². The highest BCUT2D eigenvalue weighted by Gasteiger charge is 2.44. The highest BCUT2D eigenvalue weighted by atomic mass is 32.1. The molecule has 0 saturated carbocycles. The van der Waals surface area contributed by atoms with Crippen molar-refractivity contribution in [3.05, 3.63) is 88.3 Å². The predicted octanol–water partition coefficient (Wildman–Crippen LogP) is 4.13. The molecule has 2 aliphatic heterocycles. The molecule has 0 radical (unpaired) electrons. The molecule has 0 spiro atoms. The van der Waals surface area contributed by atoms with Crippen LogP contribution in [-0.2, 0) is 9.59 Å². The molecule has 0 bridgehead atoms. The first-order valence-electron chi connectivity index (χ1n) is 10.2. The van der Waals surface area contributed by atoms with Gasteiger partial charge in [-0.05, 0) is 35.7 Å². The quantitative estimate of drug-likeness (QED) is 0.560. The largest absolute Gasteiger partial charge is 0.368 e. The fourth-order valence-electron chi connectivity index (χ4n) is 4.16. The molecule has 1 fully saturated rings. The van der Waals surface area contributed by atoms with Gasteiger partial charge in [0.15, 0.2) is 0 Å². The summed E-state index contributed by atoms with van der Waals surface area (Å²) in [6.07, 6.45) is 0. The molecule has 162 valence electrons. The van der Waals surface area contributed by atoms with E-state index in [9.17, 15) is 18.4 Å². The van der Waals surface area contributed by atoms with Crippen LogP contribution in [0.4, 0.5) is 20.2 Å². The van der Waals surface area contributed by atoms with Gasteiger partial charge in [-0.25, -0.2) is 13.7 Å². The normalized spacial score (nSPS) is 17.0. The molecule has 8 heteroatoms. The van der Waals surface area contributed by atoms with Gasteiger partial charge in [0.1, 0.15) is 17.3 Å². The Morgan fingerprint density at radius 1 is 0.781 bits per heavy atom. The average molecular weight is 451 g/mol. The second-order valence-corrected chi connectivity index (χ2v) is 8.50. The number of benzene rings is 2. The summed E-state index contributed by atoms with van der Waals surface area (Å²) < 4.78 is 27.9. The van der Waals surface area contributed by atoms with Crippen LogP contribution in [0.3, 0.4) is 0 Å². The van der Waals surface area contributed by atoms with Crippen molar-refractivity contribution in [1.82, 2.24) is 4.90 Å². The van der Waals surface area contributed by atoms with Crippen molar-refractivity contribution in [2.75, 3.05) is 36.0 Å². The van der Waals surface area contributed by atoms with Crippen LogP contribution in [0.25, 0.3) is 5.57 Å². The van der Waals surface area contributed by atoms with Crippen LogP contribution < -0.4 is 9.80 Å². The maximum Gasteiger partial charge on any atom is 0.282 e. The number of halogens is 2. The van der Waals surface area contributed by atoms with E-state index < -0.39 is 23.4 Å². The van der Waals surface area contributed by atoms with E-state index >= 15 is 0 Å². The summed E-state index contributed by atoms with van der Waals surface area (Å²) in [7, 11) is 0. The Kier molecular flexibility index (Phi) is 5.22. The summed E-state index contributed by atoms with van der Waals surface area (Å²) in [5.41, 5.74) is 1.40. The molecule has 0 N–H and O–H groups in total. The molecular formula is C24H19F2N3O2S. The van der Waals surface area contributed by atoms with E-state index in [2.05, 4.69) is 4.90 Å². The van der Waals surface area contributed by atoms with E-state index in [1.807, 2.05) is 40.6 Å². The molecule has 2 aromatic carbocycles. The van der Waals surface area contributed by atoms with Crippen molar-refractivity contribution >= 4 is 40.1 Å². The topological polar surface area (TPSA) is 43.9 Å². The third kappa shape index (κ3) is 3.46. The standard InChI is InChI=1S/C24H19F2N3O2S/c25-16-8-9-19(18(26)15-16)29-23(30)21(20-7-4-14-32-20)22(24(29)31)28-12-10-27(11-13-28)17-5-2-1-3-6-17/h1-9,14-15H,10-13H2. The van der Waals surface area contributed by atoms with Gasteiger partial charge in [-0.1, -0.05) is 24.3 Å². The summed E-state index contributed by atoms with van der Waals surface area (Å²) in [5, 5.41) is 1.83. The number of anilines is 2. The number of hydrogen-bond donors (Lipinski definition) is 0. The molecule has 3 aromatic rings. The van der Waals surface area contributed by atoms with Crippen LogP contribution in [0, 0.1) is 11.6 Å². The second kappa shape index (κ2) is 8.20. The third-order valence-electron chi connectivity index (χ3n) is 5.69.